The van der Waals surface area contributed by atoms with E-state index in [0.29, 0.717) is 5.13 Å². The Morgan fingerprint density at radius 2 is 2.18 bits per heavy atom. The number of anilines is 1. The molecule has 0 saturated carbocycles. The molecule has 3 heterocycles. The van der Waals surface area contributed by atoms with Crippen molar-refractivity contribution in [3.8, 4) is 17.0 Å². The van der Waals surface area contributed by atoms with E-state index in [2.05, 4.69) is 28.3 Å². The zero-order valence-electron chi connectivity index (χ0n) is 15.4. The lowest BCUT2D eigenvalue weighted by atomic mass is 10.1. The molecule has 28 heavy (non-hydrogen) atoms. The van der Waals surface area contributed by atoms with Crippen molar-refractivity contribution >= 4 is 22.4 Å². The Bertz CT molecular complexity index is 1150. The van der Waals surface area contributed by atoms with Gasteiger partial charge < -0.3 is 9.72 Å². The van der Waals surface area contributed by atoms with Crippen LogP contribution in [0.5, 0.6) is 5.75 Å². The Kier molecular flexibility index (Phi) is 4.05. The Labute approximate surface area is 165 Å². The monoisotopic (exact) mass is 393 g/mol. The van der Waals surface area contributed by atoms with Crippen molar-refractivity contribution in [2.24, 2.45) is 0 Å². The van der Waals surface area contributed by atoms with Gasteiger partial charge in [-0.25, -0.2) is 4.98 Å². The molecule has 0 saturated heterocycles. The van der Waals surface area contributed by atoms with Crippen LogP contribution < -0.4 is 15.6 Å². The highest BCUT2D eigenvalue weighted by Gasteiger charge is 2.21. The topological polar surface area (TPSA) is 84.1 Å². The molecule has 0 bridgehead atoms. The van der Waals surface area contributed by atoms with Crippen molar-refractivity contribution in [3.63, 3.8) is 0 Å². The van der Waals surface area contributed by atoms with Crippen LogP contribution >= 0.6 is 11.3 Å². The second-order valence-corrected chi connectivity index (χ2v) is 8.17. The molecule has 7 heteroatoms. The largest absolute Gasteiger partial charge is 0.490 e. The molecular weight excluding hydrogens is 374 g/mol. The molecule has 1 aliphatic heterocycles. The van der Waals surface area contributed by atoms with E-state index in [-0.39, 0.29) is 17.2 Å². The van der Waals surface area contributed by atoms with Crippen LogP contribution in [0.15, 0.2) is 34.4 Å². The lowest BCUT2D eigenvalue weighted by Crippen LogP contribution is -2.24. The molecule has 0 fully saturated rings. The van der Waals surface area contributed by atoms with Gasteiger partial charge in [-0.1, -0.05) is 0 Å². The van der Waals surface area contributed by atoms with Crippen LogP contribution in [0.3, 0.4) is 0 Å². The molecule has 142 valence electrons. The van der Waals surface area contributed by atoms with E-state index < -0.39 is 5.91 Å². The molecule has 2 N–H and O–H groups in total. The van der Waals surface area contributed by atoms with Crippen molar-refractivity contribution in [2.45, 2.75) is 38.7 Å². The lowest BCUT2D eigenvalue weighted by molar-refractivity contribution is 0.102. The zero-order chi connectivity index (χ0) is 19.3. The van der Waals surface area contributed by atoms with Gasteiger partial charge in [0, 0.05) is 23.1 Å². The third kappa shape index (κ3) is 3.01. The number of rotatable bonds is 3. The third-order valence-corrected chi connectivity index (χ3v) is 6.01. The number of hydrogen-bond donors (Lipinski definition) is 2. The van der Waals surface area contributed by atoms with E-state index in [1.54, 1.807) is 6.07 Å². The number of carbonyl (C=O) groups is 1. The first kappa shape index (κ1) is 17.2. The first-order valence-corrected chi connectivity index (χ1v) is 10.3. The number of nitrogens with one attached hydrogen (secondary N) is 2. The first-order chi connectivity index (χ1) is 13.6. The minimum Gasteiger partial charge on any atom is -0.490 e. The van der Waals surface area contributed by atoms with Crippen molar-refractivity contribution in [1.82, 2.24) is 9.97 Å². The summed E-state index contributed by atoms with van der Waals surface area (Å²) >= 11 is 1.35. The van der Waals surface area contributed by atoms with Gasteiger partial charge in [0.05, 0.1) is 5.69 Å². The maximum Gasteiger partial charge on any atom is 0.263 e. The van der Waals surface area contributed by atoms with Crippen molar-refractivity contribution in [1.29, 1.82) is 0 Å². The summed E-state index contributed by atoms with van der Waals surface area (Å²) < 4.78 is 5.74. The summed E-state index contributed by atoms with van der Waals surface area (Å²) in [4.78, 5) is 32.2. The molecule has 5 rings (SSSR count). The number of ether oxygens (including phenoxy) is 1. The number of fused-ring (bicyclic) bond motifs is 2. The average molecular weight is 393 g/mol. The summed E-state index contributed by atoms with van der Waals surface area (Å²) in [6, 6.07) is 7.75. The van der Waals surface area contributed by atoms with Crippen LogP contribution in [0.2, 0.25) is 0 Å². The highest BCUT2D eigenvalue weighted by Crippen LogP contribution is 2.34. The fourth-order valence-electron chi connectivity index (χ4n) is 3.89. The normalized spacial score (nSPS) is 17.1. The minimum atomic E-state index is -0.423. The predicted molar refractivity (Wildman–Crippen MR) is 108 cm³/mol. The number of hydrogen-bond acceptors (Lipinski definition) is 5. The van der Waals surface area contributed by atoms with Gasteiger partial charge in [0.2, 0.25) is 0 Å². The van der Waals surface area contributed by atoms with Gasteiger partial charge in [0.25, 0.3) is 11.5 Å². The third-order valence-electron chi connectivity index (χ3n) is 5.25. The fourth-order valence-corrected chi connectivity index (χ4v) is 4.61. The van der Waals surface area contributed by atoms with Crippen LogP contribution in [0, 0.1) is 0 Å². The van der Waals surface area contributed by atoms with Gasteiger partial charge in [-0.2, -0.15) is 0 Å². The predicted octanol–water partition coefficient (Wildman–Crippen LogP) is 3.56. The molecular formula is C21H19N3O3S. The first-order valence-electron chi connectivity index (χ1n) is 9.39. The van der Waals surface area contributed by atoms with E-state index in [4.69, 9.17) is 4.74 Å². The maximum atomic E-state index is 12.6. The molecule has 1 atom stereocenters. The van der Waals surface area contributed by atoms with Gasteiger partial charge >= 0.3 is 0 Å². The van der Waals surface area contributed by atoms with Crippen LogP contribution in [0.25, 0.3) is 11.3 Å². The smallest absolute Gasteiger partial charge is 0.263 e. The summed E-state index contributed by atoms with van der Waals surface area (Å²) in [7, 11) is 0. The summed E-state index contributed by atoms with van der Waals surface area (Å²) in [6.07, 6.45) is 3.86. The van der Waals surface area contributed by atoms with Crippen LogP contribution in [0.4, 0.5) is 5.13 Å². The van der Waals surface area contributed by atoms with Crippen LogP contribution in [-0.2, 0) is 19.3 Å². The number of aryl methyl sites for hydroxylation is 2. The van der Waals surface area contributed by atoms with E-state index in [1.165, 1.54) is 16.9 Å². The summed E-state index contributed by atoms with van der Waals surface area (Å²) in [5, 5.41) is 5.15. The highest BCUT2D eigenvalue weighted by molar-refractivity contribution is 7.14. The minimum absolute atomic E-state index is 0.140. The number of thiazole rings is 1. The Hall–Kier alpha value is -2.93. The molecule has 0 unspecified atom stereocenters. The molecule has 2 aromatic heterocycles. The molecule has 1 aliphatic carbocycles. The zero-order valence-corrected chi connectivity index (χ0v) is 16.2. The van der Waals surface area contributed by atoms with E-state index in [9.17, 15) is 9.59 Å². The van der Waals surface area contributed by atoms with Crippen molar-refractivity contribution in [2.75, 3.05) is 5.32 Å². The van der Waals surface area contributed by atoms with E-state index in [0.717, 1.165) is 53.9 Å². The maximum absolute atomic E-state index is 12.6. The summed E-state index contributed by atoms with van der Waals surface area (Å²) in [5.41, 5.74) is 4.76. The molecule has 2 aliphatic rings. The summed E-state index contributed by atoms with van der Waals surface area (Å²) in [6.45, 7) is 2.05. The molecule has 3 aromatic rings. The quantitative estimate of drug-likeness (QED) is 0.713. The number of aromatic amines is 1. The van der Waals surface area contributed by atoms with Crippen molar-refractivity contribution < 1.29 is 9.53 Å². The van der Waals surface area contributed by atoms with Gasteiger partial charge in [0.15, 0.2) is 5.13 Å². The highest BCUT2D eigenvalue weighted by atomic mass is 32.1. The summed E-state index contributed by atoms with van der Waals surface area (Å²) in [5.74, 6) is 0.504. The van der Waals surface area contributed by atoms with Gasteiger partial charge in [-0.05, 0) is 61.6 Å². The standard InChI is InChI=1S/C21H19N3O3S/c1-11-7-14-8-13(5-6-18(14)27-11)17-10-28-21(23-17)24-20(26)15-9-12-3-2-4-16(12)22-19(15)25/h5-6,8-11H,2-4,7H2,1H3,(H,22,25)(H,23,24,26)/t11-/m0/s1. The Morgan fingerprint density at radius 3 is 3.07 bits per heavy atom. The van der Waals surface area contributed by atoms with E-state index >= 15 is 0 Å². The fraction of sp³-hybridized carbons (Fsp3) is 0.286. The average Bonchev–Trinajstić information content (AvgIpc) is 3.38. The number of carbonyl (C=O) groups excluding carboxylic acids is 1. The van der Waals surface area contributed by atoms with Crippen LogP contribution in [-0.4, -0.2) is 22.0 Å². The van der Waals surface area contributed by atoms with Gasteiger partial charge in [0.1, 0.15) is 17.4 Å². The Morgan fingerprint density at radius 1 is 1.29 bits per heavy atom. The SMILES string of the molecule is C[C@H]1Cc2cc(-c3csc(NC(=O)c4cc5c([nH]c4=O)CCC5)n3)ccc2O1. The molecule has 1 aromatic carbocycles. The molecule has 1 amide bonds. The number of amides is 1. The number of nitrogens with zero attached hydrogens (tertiary/aromatic N) is 1. The molecule has 0 spiro atoms. The Balaban J connectivity index is 1.37. The second-order valence-electron chi connectivity index (χ2n) is 7.32. The number of H-pyrrole nitrogens is 1. The molecule has 6 nitrogen and oxygen atoms in total. The van der Waals surface area contributed by atoms with Crippen LogP contribution in [0.1, 0.15) is 40.5 Å². The number of aromatic nitrogens is 2. The number of benzene rings is 1. The molecule has 0 radical (unpaired) electrons. The second kappa shape index (κ2) is 6.60. The van der Waals surface area contributed by atoms with Crippen molar-refractivity contribution in [3.05, 3.63) is 62.4 Å². The van der Waals surface area contributed by atoms with Gasteiger partial charge in [-0.3, -0.25) is 14.9 Å². The number of pyridine rings is 1. The lowest BCUT2D eigenvalue weighted by Gasteiger charge is -2.04. The van der Waals surface area contributed by atoms with Gasteiger partial charge in [-0.15, -0.1) is 11.3 Å². The van der Waals surface area contributed by atoms with E-state index in [1.807, 2.05) is 17.5 Å².